The van der Waals surface area contributed by atoms with Crippen LogP contribution in [0.25, 0.3) is 0 Å². The summed E-state index contributed by atoms with van der Waals surface area (Å²) >= 11 is 0. The van der Waals surface area contributed by atoms with Crippen LogP contribution < -0.4 is 5.32 Å². The van der Waals surface area contributed by atoms with E-state index in [0.717, 1.165) is 25.5 Å². The molecule has 2 rings (SSSR count). The largest absolute Gasteiger partial charge is 0.450 e. The molecule has 1 aliphatic rings. The van der Waals surface area contributed by atoms with Gasteiger partial charge in [-0.1, -0.05) is 6.07 Å². The van der Waals surface area contributed by atoms with Crippen molar-refractivity contribution in [1.29, 1.82) is 0 Å². The Morgan fingerprint density at radius 3 is 2.80 bits per heavy atom. The molecule has 0 bridgehead atoms. The lowest BCUT2D eigenvalue weighted by atomic mass is 10.2. The smallest absolute Gasteiger partial charge is 0.409 e. The predicted molar refractivity (Wildman–Crippen MR) is 77.7 cm³/mol. The first kappa shape index (κ1) is 14.6. The minimum atomic E-state index is -0.204. The van der Waals surface area contributed by atoms with Crippen LogP contribution in [0.3, 0.4) is 0 Å². The zero-order valence-electron chi connectivity index (χ0n) is 12.1. The Hall–Kier alpha value is -1.82. The van der Waals surface area contributed by atoms with Gasteiger partial charge in [0.1, 0.15) is 5.82 Å². The van der Waals surface area contributed by atoms with E-state index in [0.29, 0.717) is 19.7 Å². The fourth-order valence-corrected chi connectivity index (χ4v) is 2.34. The fourth-order valence-electron chi connectivity index (χ4n) is 2.34. The zero-order chi connectivity index (χ0) is 14.4. The van der Waals surface area contributed by atoms with Gasteiger partial charge in [-0.25, -0.2) is 9.78 Å². The van der Waals surface area contributed by atoms with Gasteiger partial charge in [0.05, 0.1) is 6.61 Å². The summed E-state index contributed by atoms with van der Waals surface area (Å²) in [4.78, 5) is 20.0. The third-order valence-electron chi connectivity index (χ3n) is 3.42. The van der Waals surface area contributed by atoms with E-state index in [1.165, 1.54) is 5.56 Å². The lowest BCUT2D eigenvalue weighted by molar-refractivity contribution is 0.0778. The van der Waals surface area contributed by atoms with Gasteiger partial charge in [-0.2, -0.15) is 0 Å². The SMILES string of the molecule is CCOC(=O)N1CCN(Cc2cccnc2NC)CC1. The summed E-state index contributed by atoms with van der Waals surface area (Å²) in [7, 11) is 1.88. The maximum atomic E-state index is 11.6. The summed E-state index contributed by atoms with van der Waals surface area (Å²) < 4.78 is 5.02. The number of aromatic nitrogens is 1. The summed E-state index contributed by atoms with van der Waals surface area (Å²) in [5.41, 5.74) is 1.18. The maximum Gasteiger partial charge on any atom is 0.409 e. The van der Waals surface area contributed by atoms with Crippen molar-refractivity contribution in [2.45, 2.75) is 13.5 Å². The molecule has 1 aromatic heterocycles. The normalized spacial score (nSPS) is 16.0. The molecule has 1 saturated heterocycles. The van der Waals surface area contributed by atoms with Crippen LogP contribution in [0, 0.1) is 0 Å². The molecule has 0 spiro atoms. The van der Waals surface area contributed by atoms with E-state index in [-0.39, 0.29) is 6.09 Å². The Bertz CT molecular complexity index is 445. The first-order valence-corrected chi connectivity index (χ1v) is 7.00. The van der Waals surface area contributed by atoms with Crippen molar-refractivity contribution >= 4 is 11.9 Å². The highest BCUT2D eigenvalue weighted by atomic mass is 16.6. The molecule has 2 heterocycles. The predicted octanol–water partition coefficient (Wildman–Crippen LogP) is 1.40. The summed E-state index contributed by atoms with van der Waals surface area (Å²) in [6, 6.07) is 4.03. The number of carbonyl (C=O) groups is 1. The Morgan fingerprint density at radius 2 is 2.15 bits per heavy atom. The molecule has 0 unspecified atom stereocenters. The number of hydrogen-bond donors (Lipinski definition) is 1. The molecule has 0 atom stereocenters. The first-order valence-electron chi connectivity index (χ1n) is 7.00. The molecule has 1 fully saturated rings. The summed E-state index contributed by atoms with van der Waals surface area (Å²) in [5, 5.41) is 3.11. The maximum absolute atomic E-state index is 11.6. The summed E-state index contributed by atoms with van der Waals surface area (Å²) in [5.74, 6) is 0.917. The molecule has 6 nitrogen and oxygen atoms in total. The number of carbonyl (C=O) groups excluding carboxylic acids is 1. The van der Waals surface area contributed by atoms with Crippen LogP contribution in [-0.2, 0) is 11.3 Å². The summed E-state index contributed by atoms with van der Waals surface area (Å²) in [6.45, 7) is 6.26. The van der Waals surface area contributed by atoms with Gasteiger partial charge in [-0.05, 0) is 13.0 Å². The van der Waals surface area contributed by atoms with Crippen LogP contribution >= 0.6 is 0 Å². The minimum absolute atomic E-state index is 0.204. The molecular weight excluding hydrogens is 256 g/mol. The Morgan fingerprint density at radius 1 is 1.40 bits per heavy atom. The molecular formula is C14H22N4O2. The number of hydrogen-bond acceptors (Lipinski definition) is 5. The molecule has 0 aromatic carbocycles. The van der Waals surface area contributed by atoms with Crippen molar-refractivity contribution < 1.29 is 9.53 Å². The van der Waals surface area contributed by atoms with E-state index in [9.17, 15) is 4.79 Å². The van der Waals surface area contributed by atoms with Gasteiger partial charge in [0.2, 0.25) is 0 Å². The van der Waals surface area contributed by atoms with Gasteiger partial charge in [-0.3, -0.25) is 4.90 Å². The number of ether oxygens (including phenoxy) is 1. The molecule has 0 saturated carbocycles. The monoisotopic (exact) mass is 278 g/mol. The number of rotatable bonds is 4. The van der Waals surface area contributed by atoms with Crippen LogP contribution in [0.1, 0.15) is 12.5 Å². The van der Waals surface area contributed by atoms with Crippen LogP contribution in [0.4, 0.5) is 10.6 Å². The van der Waals surface area contributed by atoms with Crippen LogP contribution in [0.15, 0.2) is 18.3 Å². The number of nitrogens with zero attached hydrogens (tertiary/aromatic N) is 3. The highest BCUT2D eigenvalue weighted by Crippen LogP contribution is 2.15. The van der Waals surface area contributed by atoms with Crippen molar-refractivity contribution in [1.82, 2.24) is 14.8 Å². The highest BCUT2D eigenvalue weighted by Gasteiger charge is 2.22. The van der Waals surface area contributed by atoms with Crippen LogP contribution in [-0.4, -0.2) is 60.7 Å². The second-order valence-electron chi connectivity index (χ2n) is 4.72. The van der Waals surface area contributed by atoms with Crippen LogP contribution in [0.5, 0.6) is 0 Å². The quantitative estimate of drug-likeness (QED) is 0.902. The molecule has 1 aromatic rings. The third kappa shape index (κ3) is 3.60. The average Bonchev–Trinajstić information content (AvgIpc) is 2.49. The third-order valence-corrected chi connectivity index (χ3v) is 3.42. The van der Waals surface area contributed by atoms with E-state index in [2.05, 4.69) is 21.3 Å². The van der Waals surface area contributed by atoms with E-state index in [4.69, 9.17) is 4.74 Å². The van der Waals surface area contributed by atoms with Crippen LogP contribution in [0.2, 0.25) is 0 Å². The van der Waals surface area contributed by atoms with Gasteiger partial charge in [-0.15, -0.1) is 0 Å². The van der Waals surface area contributed by atoms with Gasteiger partial charge in [0.25, 0.3) is 0 Å². The summed E-state index contributed by atoms with van der Waals surface area (Å²) in [6.07, 6.45) is 1.58. The lowest BCUT2D eigenvalue weighted by Crippen LogP contribution is -2.48. The fraction of sp³-hybridized carbons (Fsp3) is 0.571. The highest BCUT2D eigenvalue weighted by molar-refractivity contribution is 5.67. The molecule has 20 heavy (non-hydrogen) atoms. The lowest BCUT2D eigenvalue weighted by Gasteiger charge is -2.34. The second-order valence-corrected chi connectivity index (χ2v) is 4.72. The molecule has 0 aliphatic carbocycles. The number of nitrogens with one attached hydrogen (secondary N) is 1. The van der Waals surface area contributed by atoms with Gasteiger partial charge < -0.3 is 15.0 Å². The molecule has 1 amide bonds. The van der Waals surface area contributed by atoms with Crippen molar-refractivity contribution in [3.63, 3.8) is 0 Å². The molecule has 1 N–H and O–H groups in total. The molecule has 0 radical (unpaired) electrons. The molecule has 1 aliphatic heterocycles. The molecule has 6 heteroatoms. The number of pyridine rings is 1. The van der Waals surface area contributed by atoms with Gasteiger partial charge in [0, 0.05) is 51.5 Å². The van der Waals surface area contributed by atoms with Crippen molar-refractivity contribution in [3.8, 4) is 0 Å². The van der Waals surface area contributed by atoms with Crippen molar-refractivity contribution in [3.05, 3.63) is 23.9 Å². The number of piperazine rings is 1. The number of anilines is 1. The van der Waals surface area contributed by atoms with Gasteiger partial charge in [0.15, 0.2) is 0 Å². The minimum Gasteiger partial charge on any atom is -0.450 e. The standard InChI is InChI=1S/C14H22N4O2/c1-3-20-14(19)18-9-7-17(8-10-18)11-12-5-4-6-16-13(12)15-2/h4-6H,3,7-11H2,1-2H3,(H,15,16). The first-order chi connectivity index (χ1) is 9.74. The van der Waals surface area contributed by atoms with E-state index in [1.807, 2.05) is 20.0 Å². The Kier molecular flexibility index (Phi) is 5.17. The molecule has 110 valence electrons. The second kappa shape index (κ2) is 7.09. The van der Waals surface area contributed by atoms with E-state index in [1.54, 1.807) is 11.1 Å². The zero-order valence-corrected chi connectivity index (χ0v) is 12.1. The average molecular weight is 278 g/mol. The Labute approximate surface area is 119 Å². The van der Waals surface area contributed by atoms with E-state index >= 15 is 0 Å². The van der Waals surface area contributed by atoms with Crippen molar-refractivity contribution in [2.75, 3.05) is 45.2 Å². The van der Waals surface area contributed by atoms with Gasteiger partial charge >= 0.3 is 6.09 Å². The van der Waals surface area contributed by atoms with E-state index < -0.39 is 0 Å². The topological polar surface area (TPSA) is 57.7 Å². The number of amides is 1. The van der Waals surface area contributed by atoms with Crippen molar-refractivity contribution in [2.24, 2.45) is 0 Å². The Balaban J connectivity index is 1.87.